The van der Waals surface area contributed by atoms with Crippen LogP contribution in [-0.2, 0) is 17.6 Å². The van der Waals surface area contributed by atoms with Crippen LogP contribution in [0, 0.1) is 0 Å². The van der Waals surface area contributed by atoms with E-state index in [2.05, 4.69) is 24.3 Å². The van der Waals surface area contributed by atoms with Gasteiger partial charge in [-0.05, 0) is 41.7 Å². The number of rotatable bonds is 4. The van der Waals surface area contributed by atoms with Crippen molar-refractivity contribution in [2.75, 3.05) is 14.2 Å². The molecule has 3 nitrogen and oxygen atoms in total. The van der Waals surface area contributed by atoms with E-state index in [-0.39, 0.29) is 11.9 Å². The summed E-state index contributed by atoms with van der Waals surface area (Å²) >= 11 is 0. The van der Waals surface area contributed by atoms with Crippen LogP contribution < -0.4 is 4.74 Å². The first-order valence-electron chi connectivity index (χ1n) is 7.65. The number of likely N-dealkylation sites (N-methyl/N-ethyl adjacent to an activating group) is 1. The van der Waals surface area contributed by atoms with Crippen molar-refractivity contribution >= 4 is 5.91 Å². The van der Waals surface area contributed by atoms with Crippen LogP contribution in [0.1, 0.15) is 29.2 Å². The fourth-order valence-corrected chi connectivity index (χ4v) is 3.19. The molecule has 0 fully saturated rings. The van der Waals surface area contributed by atoms with Crippen LogP contribution in [0.3, 0.4) is 0 Å². The Labute approximate surface area is 131 Å². The van der Waals surface area contributed by atoms with E-state index in [9.17, 15) is 4.79 Å². The third-order valence-electron chi connectivity index (χ3n) is 4.45. The van der Waals surface area contributed by atoms with Crippen LogP contribution in [0.2, 0.25) is 0 Å². The first kappa shape index (κ1) is 14.6. The first-order valence-corrected chi connectivity index (χ1v) is 7.65. The molecule has 0 heterocycles. The molecule has 114 valence electrons. The van der Waals surface area contributed by atoms with Gasteiger partial charge in [-0.3, -0.25) is 4.79 Å². The lowest BCUT2D eigenvalue weighted by atomic mass is 10.1. The molecule has 1 amide bonds. The van der Waals surface area contributed by atoms with Crippen molar-refractivity contribution in [1.82, 2.24) is 4.90 Å². The number of benzene rings is 2. The van der Waals surface area contributed by atoms with E-state index in [4.69, 9.17) is 4.74 Å². The Morgan fingerprint density at radius 3 is 2.86 bits per heavy atom. The Morgan fingerprint density at radius 1 is 1.23 bits per heavy atom. The molecule has 1 aliphatic rings. The molecule has 0 spiro atoms. The molecule has 0 aromatic heterocycles. The number of aryl methyl sites for hydroxylation is 1. The van der Waals surface area contributed by atoms with E-state index in [1.54, 1.807) is 7.11 Å². The van der Waals surface area contributed by atoms with Crippen LogP contribution in [0.5, 0.6) is 5.75 Å². The number of fused-ring (bicyclic) bond motifs is 1. The zero-order valence-corrected chi connectivity index (χ0v) is 13.1. The number of methoxy groups -OCH3 is 1. The molecule has 3 rings (SSSR count). The fraction of sp³-hybridized carbons (Fsp3) is 0.316. The molecule has 0 aliphatic heterocycles. The monoisotopic (exact) mass is 295 g/mol. The quantitative estimate of drug-likeness (QED) is 0.865. The van der Waals surface area contributed by atoms with Gasteiger partial charge in [0.1, 0.15) is 5.75 Å². The van der Waals surface area contributed by atoms with Gasteiger partial charge in [0.05, 0.1) is 19.6 Å². The minimum absolute atomic E-state index is 0.148. The summed E-state index contributed by atoms with van der Waals surface area (Å²) in [5.41, 5.74) is 3.65. The van der Waals surface area contributed by atoms with E-state index in [1.165, 1.54) is 11.1 Å². The van der Waals surface area contributed by atoms with Gasteiger partial charge in [0.15, 0.2) is 0 Å². The zero-order valence-electron chi connectivity index (χ0n) is 13.1. The van der Waals surface area contributed by atoms with Gasteiger partial charge in [0.2, 0.25) is 5.91 Å². The number of ether oxygens (including phenoxy) is 1. The lowest BCUT2D eigenvalue weighted by Gasteiger charge is -2.25. The van der Waals surface area contributed by atoms with Crippen molar-refractivity contribution < 1.29 is 9.53 Å². The minimum atomic E-state index is 0.148. The average Bonchev–Trinajstić information content (AvgIpc) is 2.98. The number of carbonyl (C=O) groups excluding carboxylic acids is 1. The van der Waals surface area contributed by atoms with Gasteiger partial charge in [-0.2, -0.15) is 0 Å². The number of nitrogens with zero attached hydrogens (tertiary/aromatic N) is 1. The van der Waals surface area contributed by atoms with E-state index >= 15 is 0 Å². The SMILES string of the molecule is COc1cccc(CC(=O)N(C)C2CCc3ccccc32)c1. The summed E-state index contributed by atoms with van der Waals surface area (Å²) in [5, 5.41) is 0. The normalized spacial score (nSPS) is 16.2. The van der Waals surface area contributed by atoms with Gasteiger partial charge < -0.3 is 9.64 Å². The lowest BCUT2D eigenvalue weighted by Crippen LogP contribution is -2.31. The van der Waals surface area contributed by atoms with Crippen molar-refractivity contribution in [3.05, 3.63) is 65.2 Å². The van der Waals surface area contributed by atoms with Crippen molar-refractivity contribution in [1.29, 1.82) is 0 Å². The molecular weight excluding hydrogens is 274 g/mol. The predicted octanol–water partition coefficient (Wildman–Crippen LogP) is 3.38. The third kappa shape index (κ3) is 2.84. The van der Waals surface area contributed by atoms with E-state index in [0.717, 1.165) is 24.2 Å². The summed E-state index contributed by atoms with van der Waals surface area (Å²) in [6.45, 7) is 0. The van der Waals surface area contributed by atoms with Crippen molar-refractivity contribution in [2.24, 2.45) is 0 Å². The lowest BCUT2D eigenvalue weighted by molar-refractivity contribution is -0.131. The smallest absolute Gasteiger partial charge is 0.227 e. The number of carbonyl (C=O) groups is 1. The summed E-state index contributed by atoms with van der Waals surface area (Å²) in [7, 11) is 3.55. The highest BCUT2D eigenvalue weighted by Gasteiger charge is 2.28. The second kappa shape index (κ2) is 6.22. The van der Waals surface area contributed by atoms with Gasteiger partial charge >= 0.3 is 0 Å². The maximum atomic E-state index is 12.6. The molecule has 2 aromatic rings. The minimum Gasteiger partial charge on any atom is -0.497 e. The van der Waals surface area contributed by atoms with E-state index in [0.29, 0.717) is 6.42 Å². The fourth-order valence-electron chi connectivity index (χ4n) is 3.19. The molecule has 0 radical (unpaired) electrons. The molecule has 1 atom stereocenters. The van der Waals surface area contributed by atoms with Crippen molar-refractivity contribution in [2.45, 2.75) is 25.3 Å². The molecule has 0 N–H and O–H groups in total. The van der Waals surface area contributed by atoms with Gasteiger partial charge in [-0.25, -0.2) is 0 Å². The number of hydrogen-bond donors (Lipinski definition) is 0. The molecule has 1 aliphatic carbocycles. The molecule has 0 bridgehead atoms. The molecule has 1 unspecified atom stereocenters. The molecule has 0 saturated carbocycles. The topological polar surface area (TPSA) is 29.5 Å². The summed E-state index contributed by atoms with van der Waals surface area (Å²) in [6, 6.07) is 16.3. The van der Waals surface area contributed by atoms with E-state index < -0.39 is 0 Å². The predicted molar refractivity (Wildman–Crippen MR) is 87.0 cm³/mol. The van der Waals surface area contributed by atoms with Crippen molar-refractivity contribution in [3.63, 3.8) is 0 Å². The maximum Gasteiger partial charge on any atom is 0.227 e. The highest BCUT2D eigenvalue weighted by Crippen LogP contribution is 2.35. The van der Waals surface area contributed by atoms with Gasteiger partial charge in [-0.15, -0.1) is 0 Å². The largest absolute Gasteiger partial charge is 0.497 e. The molecule has 0 saturated heterocycles. The summed E-state index contributed by atoms with van der Waals surface area (Å²) in [4.78, 5) is 14.5. The summed E-state index contributed by atoms with van der Waals surface area (Å²) in [5.74, 6) is 0.939. The van der Waals surface area contributed by atoms with E-state index in [1.807, 2.05) is 36.2 Å². The standard InChI is InChI=1S/C19H21NO2/c1-20(18-11-10-15-7-3-4-9-17(15)18)19(21)13-14-6-5-8-16(12-14)22-2/h3-9,12,18H,10-11,13H2,1-2H3. The summed E-state index contributed by atoms with van der Waals surface area (Å²) < 4.78 is 5.22. The molecule has 22 heavy (non-hydrogen) atoms. The molecule has 3 heteroatoms. The van der Waals surface area contributed by atoms with Crippen LogP contribution in [-0.4, -0.2) is 25.0 Å². The number of hydrogen-bond acceptors (Lipinski definition) is 2. The highest BCUT2D eigenvalue weighted by molar-refractivity contribution is 5.79. The Hall–Kier alpha value is -2.29. The van der Waals surface area contributed by atoms with Crippen LogP contribution in [0.4, 0.5) is 0 Å². The van der Waals surface area contributed by atoms with Gasteiger partial charge in [0.25, 0.3) is 0 Å². The average molecular weight is 295 g/mol. The van der Waals surface area contributed by atoms with Crippen LogP contribution in [0.15, 0.2) is 48.5 Å². The zero-order chi connectivity index (χ0) is 15.5. The Bertz CT molecular complexity index is 681. The third-order valence-corrected chi connectivity index (χ3v) is 4.45. The van der Waals surface area contributed by atoms with Crippen LogP contribution in [0.25, 0.3) is 0 Å². The van der Waals surface area contributed by atoms with Crippen LogP contribution >= 0.6 is 0 Å². The summed E-state index contributed by atoms with van der Waals surface area (Å²) in [6.07, 6.45) is 2.48. The number of amides is 1. The van der Waals surface area contributed by atoms with Gasteiger partial charge in [-0.1, -0.05) is 36.4 Å². The Balaban J connectivity index is 1.73. The van der Waals surface area contributed by atoms with Gasteiger partial charge in [0, 0.05) is 7.05 Å². The molecular formula is C19H21NO2. The van der Waals surface area contributed by atoms with Crippen molar-refractivity contribution in [3.8, 4) is 5.75 Å². The second-order valence-corrected chi connectivity index (χ2v) is 5.79. The Morgan fingerprint density at radius 2 is 2.05 bits per heavy atom. The first-order chi connectivity index (χ1) is 10.7. The maximum absolute atomic E-state index is 12.6. The second-order valence-electron chi connectivity index (χ2n) is 5.79. The highest BCUT2D eigenvalue weighted by atomic mass is 16.5. The molecule has 2 aromatic carbocycles. The Kier molecular flexibility index (Phi) is 4.14.